The van der Waals surface area contributed by atoms with Crippen LogP contribution in [0.4, 0.5) is 0 Å². The summed E-state index contributed by atoms with van der Waals surface area (Å²) in [5.74, 6) is 1.08. The highest BCUT2D eigenvalue weighted by molar-refractivity contribution is 5.87. The first kappa shape index (κ1) is 19.7. The standard InChI is InChI=1S/C24H30N2/c1-5-7-8-9-10-14-18-24-25-23(20(3)26(24)4)19-22(15-6-2)21-16-12-11-13-17-21/h6,8-17,19H,5,7,18H2,1-4H3/b9-8-,14-10-,15-6-,22-19+. The van der Waals surface area contributed by atoms with Crippen molar-refractivity contribution in [3.63, 3.8) is 0 Å². The summed E-state index contributed by atoms with van der Waals surface area (Å²) in [5, 5.41) is 0. The second-order valence-corrected chi connectivity index (χ2v) is 6.37. The van der Waals surface area contributed by atoms with Gasteiger partial charge in [0.15, 0.2) is 0 Å². The molecule has 1 aromatic heterocycles. The summed E-state index contributed by atoms with van der Waals surface area (Å²) >= 11 is 0. The smallest absolute Gasteiger partial charge is 0.113 e. The van der Waals surface area contributed by atoms with Crippen molar-refractivity contribution in [2.24, 2.45) is 7.05 Å². The number of nitrogens with zero attached hydrogens (tertiary/aromatic N) is 2. The molecule has 2 aromatic rings. The summed E-state index contributed by atoms with van der Waals surface area (Å²) in [4.78, 5) is 4.87. The van der Waals surface area contributed by atoms with E-state index in [1.807, 2.05) is 13.0 Å². The van der Waals surface area contributed by atoms with Crippen LogP contribution in [0.5, 0.6) is 0 Å². The van der Waals surface area contributed by atoms with E-state index in [2.05, 4.69) is 92.3 Å². The van der Waals surface area contributed by atoms with Crippen LogP contribution in [-0.2, 0) is 13.5 Å². The molecule has 2 nitrogen and oxygen atoms in total. The minimum absolute atomic E-state index is 0.839. The molecule has 26 heavy (non-hydrogen) atoms. The Morgan fingerprint density at radius 3 is 2.54 bits per heavy atom. The molecule has 0 bridgehead atoms. The monoisotopic (exact) mass is 346 g/mol. The zero-order valence-electron chi connectivity index (χ0n) is 16.4. The van der Waals surface area contributed by atoms with Crippen molar-refractivity contribution in [1.82, 2.24) is 9.55 Å². The van der Waals surface area contributed by atoms with Crippen LogP contribution in [-0.4, -0.2) is 9.55 Å². The van der Waals surface area contributed by atoms with Crippen LogP contribution in [0.3, 0.4) is 0 Å². The lowest BCUT2D eigenvalue weighted by Crippen LogP contribution is -1.97. The molecule has 0 aliphatic rings. The number of imidazole rings is 1. The second kappa shape index (κ2) is 10.4. The van der Waals surface area contributed by atoms with Gasteiger partial charge in [0.05, 0.1) is 5.69 Å². The molecule has 0 N–H and O–H groups in total. The number of benzene rings is 1. The maximum absolute atomic E-state index is 4.87. The van der Waals surface area contributed by atoms with Crippen molar-refractivity contribution >= 4 is 11.6 Å². The van der Waals surface area contributed by atoms with E-state index in [1.165, 1.54) is 23.3 Å². The lowest BCUT2D eigenvalue weighted by molar-refractivity contribution is 0.804. The predicted molar refractivity (Wildman–Crippen MR) is 114 cm³/mol. The molecule has 136 valence electrons. The first-order chi connectivity index (χ1) is 12.7. The second-order valence-electron chi connectivity index (χ2n) is 6.37. The van der Waals surface area contributed by atoms with Crippen LogP contribution in [0.1, 0.15) is 49.5 Å². The molecular formula is C24H30N2. The van der Waals surface area contributed by atoms with Gasteiger partial charge in [0.1, 0.15) is 5.82 Å². The van der Waals surface area contributed by atoms with Gasteiger partial charge >= 0.3 is 0 Å². The molecule has 0 spiro atoms. The first-order valence-corrected chi connectivity index (χ1v) is 9.41. The van der Waals surface area contributed by atoms with Crippen LogP contribution in [0.25, 0.3) is 11.6 Å². The summed E-state index contributed by atoms with van der Waals surface area (Å²) in [7, 11) is 2.09. The van der Waals surface area contributed by atoms with Crippen molar-refractivity contribution in [1.29, 1.82) is 0 Å². The Morgan fingerprint density at radius 2 is 1.85 bits per heavy atom. The fourth-order valence-electron chi connectivity index (χ4n) is 2.76. The van der Waals surface area contributed by atoms with Crippen LogP contribution < -0.4 is 0 Å². The molecule has 0 unspecified atom stereocenters. The molecule has 0 amide bonds. The Morgan fingerprint density at radius 1 is 1.12 bits per heavy atom. The molecule has 2 rings (SSSR count). The normalized spacial score (nSPS) is 12.8. The van der Waals surface area contributed by atoms with Gasteiger partial charge in [-0.2, -0.15) is 0 Å². The molecule has 0 saturated heterocycles. The fourth-order valence-corrected chi connectivity index (χ4v) is 2.76. The Balaban J connectivity index is 2.24. The average Bonchev–Trinajstić information content (AvgIpc) is 2.93. The van der Waals surface area contributed by atoms with Crippen molar-refractivity contribution in [3.05, 3.63) is 89.6 Å². The van der Waals surface area contributed by atoms with E-state index >= 15 is 0 Å². The summed E-state index contributed by atoms with van der Waals surface area (Å²) in [6, 6.07) is 10.5. The van der Waals surface area contributed by atoms with E-state index < -0.39 is 0 Å². The maximum atomic E-state index is 4.87. The van der Waals surface area contributed by atoms with Gasteiger partial charge in [-0.15, -0.1) is 0 Å². The van der Waals surface area contributed by atoms with Gasteiger partial charge in [0, 0.05) is 19.2 Å². The van der Waals surface area contributed by atoms with Crippen LogP contribution in [0.2, 0.25) is 0 Å². The largest absolute Gasteiger partial charge is 0.335 e. The number of allylic oxidation sites excluding steroid dienone is 7. The molecule has 0 aliphatic carbocycles. The number of hydrogen-bond acceptors (Lipinski definition) is 1. The SMILES string of the molecule is C/C=C\C(=C/c1nc(C/C=C\C=C/CCC)n(C)c1C)c1ccccc1. The third-order valence-corrected chi connectivity index (χ3v) is 4.40. The summed E-state index contributed by atoms with van der Waals surface area (Å²) in [6.45, 7) is 6.37. The molecule has 0 aliphatic heterocycles. The number of rotatable bonds is 8. The predicted octanol–water partition coefficient (Wildman–Crippen LogP) is 6.30. The highest BCUT2D eigenvalue weighted by Gasteiger charge is 2.09. The van der Waals surface area contributed by atoms with E-state index in [1.54, 1.807) is 0 Å². The molecule has 0 saturated carbocycles. The van der Waals surface area contributed by atoms with Gasteiger partial charge in [-0.3, -0.25) is 0 Å². The van der Waals surface area contributed by atoms with Crippen molar-refractivity contribution < 1.29 is 0 Å². The maximum Gasteiger partial charge on any atom is 0.113 e. The topological polar surface area (TPSA) is 17.8 Å². The number of unbranched alkanes of at least 4 members (excludes halogenated alkanes) is 1. The first-order valence-electron chi connectivity index (χ1n) is 9.41. The number of aromatic nitrogens is 2. The van der Waals surface area contributed by atoms with Gasteiger partial charge in [-0.25, -0.2) is 4.98 Å². The summed E-state index contributed by atoms with van der Waals surface area (Å²) in [5.41, 5.74) is 4.61. The zero-order chi connectivity index (χ0) is 18.8. The Bertz CT molecular complexity index is 802. The van der Waals surface area contributed by atoms with E-state index in [4.69, 9.17) is 4.98 Å². The lowest BCUT2D eigenvalue weighted by atomic mass is 10.0. The van der Waals surface area contributed by atoms with Crippen LogP contribution in [0.15, 0.2) is 66.8 Å². The highest BCUT2D eigenvalue weighted by atomic mass is 15.1. The van der Waals surface area contributed by atoms with Gasteiger partial charge < -0.3 is 4.57 Å². The van der Waals surface area contributed by atoms with Gasteiger partial charge in [0.25, 0.3) is 0 Å². The quantitative estimate of drug-likeness (QED) is 0.513. The van der Waals surface area contributed by atoms with E-state index in [0.29, 0.717) is 0 Å². The molecule has 1 heterocycles. The Labute approximate surface area is 158 Å². The van der Waals surface area contributed by atoms with Crippen LogP contribution >= 0.6 is 0 Å². The summed E-state index contributed by atoms with van der Waals surface area (Å²) < 4.78 is 2.18. The summed E-state index contributed by atoms with van der Waals surface area (Å²) in [6.07, 6.45) is 18.2. The minimum Gasteiger partial charge on any atom is -0.335 e. The van der Waals surface area contributed by atoms with Crippen molar-refractivity contribution in [2.75, 3.05) is 0 Å². The van der Waals surface area contributed by atoms with E-state index in [-0.39, 0.29) is 0 Å². The molecule has 2 heteroatoms. The third kappa shape index (κ3) is 5.45. The Hall–Kier alpha value is -2.61. The highest BCUT2D eigenvalue weighted by Crippen LogP contribution is 2.21. The number of hydrogen-bond donors (Lipinski definition) is 0. The van der Waals surface area contributed by atoms with Crippen molar-refractivity contribution in [3.8, 4) is 0 Å². The van der Waals surface area contributed by atoms with Crippen LogP contribution in [0, 0.1) is 6.92 Å². The molecule has 0 fully saturated rings. The molecule has 0 atom stereocenters. The van der Waals surface area contributed by atoms with Gasteiger partial charge in [-0.1, -0.05) is 80.1 Å². The van der Waals surface area contributed by atoms with E-state index in [0.717, 1.165) is 24.4 Å². The molecule has 0 radical (unpaired) electrons. The molecular weight excluding hydrogens is 316 g/mol. The third-order valence-electron chi connectivity index (χ3n) is 4.40. The average molecular weight is 347 g/mol. The Kier molecular flexibility index (Phi) is 7.88. The lowest BCUT2D eigenvalue weighted by Gasteiger charge is -2.03. The zero-order valence-corrected chi connectivity index (χ0v) is 16.4. The fraction of sp³-hybridized carbons (Fsp3) is 0.292. The van der Waals surface area contributed by atoms with Crippen molar-refractivity contribution in [2.45, 2.75) is 40.0 Å². The van der Waals surface area contributed by atoms with Gasteiger partial charge in [-0.05, 0) is 37.5 Å². The van der Waals surface area contributed by atoms with E-state index in [9.17, 15) is 0 Å². The molecule has 1 aromatic carbocycles. The van der Waals surface area contributed by atoms with Gasteiger partial charge in [0.2, 0.25) is 0 Å². The minimum atomic E-state index is 0.839.